The number of imidazole rings is 1. The molecule has 45 heavy (non-hydrogen) atoms. The normalized spacial score (nSPS) is 13.6. The lowest BCUT2D eigenvalue weighted by molar-refractivity contribution is -0.193. The van der Waals surface area contributed by atoms with Gasteiger partial charge in [0.25, 0.3) is 5.91 Å². The van der Waals surface area contributed by atoms with Gasteiger partial charge in [0.2, 0.25) is 0 Å². The maximum Gasteiger partial charge on any atom is 0.490 e. The number of carboxylic acids is 3. The Balaban J connectivity index is 0.000000396. The zero-order valence-corrected chi connectivity index (χ0v) is 22.3. The second-order valence-corrected chi connectivity index (χ2v) is 8.71. The molecule has 4 rings (SSSR count). The second kappa shape index (κ2) is 15.7. The van der Waals surface area contributed by atoms with Gasteiger partial charge in [0.05, 0.1) is 11.1 Å². The molecule has 0 bridgehead atoms. The van der Waals surface area contributed by atoms with Gasteiger partial charge in [-0.05, 0) is 49.5 Å². The summed E-state index contributed by atoms with van der Waals surface area (Å²) in [4.78, 5) is 46.1. The number of carbonyl (C=O) groups is 4. The highest BCUT2D eigenvalue weighted by Gasteiger charge is 2.39. The fraction of sp³-hybridized carbons (Fsp3) is 0.320. The number of aliphatic carboxylic acids is 3. The van der Waals surface area contributed by atoms with E-state index in [2.05, 4.69) is 39.6 Å². The van der Waals surface area contributed by atoms with Crippen LogP contribution in [0.25, 0.3) is 22.4 Å². The molecule has 20 heteroatoms. The zero-order chi connectivity index (χ0) is 34.8. The smallest absolute Gasteiger partial charge is 0.475 e. The van der Waals surface area contributed by atoms with Crippen LogP contribution in [0.15, 0.2) is 42.5 Å². The lowest BCUT2D eigenvalue weighted by atomic mass is 9.90. The largest absolute Gasteiger partial charge is 0.490 e. The maximum absolute atomic E-state index is 11.5. The molecule has 1 amide bonds. The minimum Gasteiger partial charge on any atom is -0.475 e. The standard InChI is InChI=1S/C19H20N4O.3C2HF3O2/c20-18(24)15-2-1-3-16-17(15)23-19(22-16)14-6-4-12(5-7-14)13-8-10-21-11-9-13;3*3-2(4,5)1(6)7/h1-7,13,21H,8-11H2,(H2,20,24)(H,22,23);3*(H,6,7). The summed E-state index contributed by atoms with van der Waals surface area (Å²) in [6.45, 7) is 2.18. The Morgan fingerprint density at radius 2 is 1.16 bits per heavy atom. The monoisotopic (exact) mass is 662 g/mol. The number of nitrogens with one attached hydrogen (secondary N) is 2. The third-order valence-electron chi connectivity index (χ3n) is 5.50. The van der Waals surface area contributed by atoms with Crippen LogP contribution in [-0.4, -0.2) is 80.7 Å². The quantitative estimate of drug-likeness (QED) is 0.216. The van der Waals surface area contributed by atoms with Crippen LogP contribution in [0.1, 0.15) is 34.7 Å². The van der Waals surface area contributed by atoms with Crippen LogP contribution >= 0.6 is 0 Å². The number of piperidine rings is 1. The lowest BCUT2D eigenvalue weighted by Gasteiger charge is -2.23. The summed E-state index contributed by atoms with van der Waals surface area (Å²) in [5, 5.41) is 24.8. The van der Waals surface area contributed by atoms with E-state index in [4.69, 9.17) is 35.4 Å². The Labute approximate surface area is 245 Å². The van der Waals surface area contributed by atoms with Crippen LogP contribution in [0, 0.1) is 0 Å². The van der Waals surface area contributed by atoms with Crippen molar-refractivity contribution in [3.05, 3.63) is 53.6 Å². The summed E-state index contributed by atoms with van der Waals surface area (Å²) in [5.41, 5.74) is 9.72. The van der Waals surface area contributed by atoms with Gasteiger partial charge >= 0.3 is 36.4 Å². The van der Waals surface area contributed by atoms with Gasteiger partial charge in [0.15, 0.2) is 0 Å². The molecule has 0 atom stereocenters. The summed E-state index contributed by atoms with van der Waals surface area (Å²) in [6.07, 6.45) is -12.9. The number of para-hydroxylation sites is 1. The molecule has 2 heterocycles. The number of aromatic nitrogens is 2. The van der Waals surface area contributed by atoms with Crippen molar-refractivity contribution < 1.29 is 74.0 Å². The van der Waals surface area contributed by atoms with E-state index < -0.39 is 42.3 Å². The number of carboxylic acid groups (broad SMARTS) is 3. The van der Waals surface area contributed by atoms with Crippen LogP contribution in [0.3, 0.4) is 0 Å². The van der Waals surface area contributed by atoms with Crippen LogP contribution in [0.4, 0.5) is 39.5 Å². The Bertz CT molecular complexity index is 1410. The molecule has 0 saturated carbocycles. The Morgan fingerprint density at radius 3 is 1.53 bits per heavy atom. The molecule has 0 spiro atoms. The van der Waals surface area contributed by atoms with Crippen molar-refractivity contribution in [2.75, 3.05) is 13.1 Å². The molecule has 11 nitrogen and oxygen atoms in total. The van der Waals surface area contributed by atoms with Crippen molar-refractivity contribution in [1.29, 1.82) is 0 Å². The number of hydrogen-bond donors (Lipinski definition) is 6. The molecule has 1 saturated heterocycles. The number of carbonyl (C=O) groups excluding carboxylic acids is 1. The van der Waals surface area contributed by atoms with Crippen molar-refractivity contribution in [3.8, 4) is 11.4 Å². The molecule has 2 aromatic carbocycles. The van der Waals surface area contributed by atoms with E-state index in [-0.39, 0.29) is 0 Å². The number of halogens is 9. The first-order chi connectivity index (χ1) is 20.6. The third-order valence-corrected chi connectivity index (χ3v) is 5.50. The Morgan fingerprint density at radius 1 is 0.733 bits per heavy atom. The highest BCUT2D eigenvalue weighted by atomic mass is 19.4. The van der Waals surface area contributed by atoms with E-state index in [0.29, 0.717) is 17.0 Å². The SMILES string of the molecule is NC(=O)c1cccc2[nH]c(-c3ccc(C4CCNCC4)cc3)nc12.O=C(O)C(F)(F)F.O=C(O)C(F)(F)F.O=C(O)C(F)(F)F. The molecular weight excluding hydrogens is 639 g/mol. The number of aromatic amines is 1. The predicted molar refractivity (Wildman–Crippen MR) is 136 cm³/mol. The maximum atomic E-state index is 11.5. The van der Waals surface area contributed by atoms with Crippen LogP contribution < -0.4 is 11.1 Å². The first-order valence-electron chi connectivity index (χ1n) is 12.1. The van der Waals surface area contributed by atoms with E-state index in [9.17, 15) is 44.3 Å². The predicted octanol–water partition coefficient (Wildman–Crippen LogP) is 4.70. The van der Waals surface area contributed by atoms with Gasteiger partial charge in [-0.2, -0.15) is 39.5 Å². The van der Waals surface area contributed by atoms with E-state index in [1.807, 2.05) is 12.1 Å². The van der Waals surface area contributed by atoms with Gasteiger partial charge in [0, 0.05) is 5.56 Å². The van der Waals surface area contributed by atoms with Crippen molar-refractivity contribution in [3.63, 3.8) is 0 Å². The summed E-state index contributed by atoms with van der Waals surface area (Å²) in [6, 6.07) is 14.0. The van der Waals surface area contributed by atoms with E-state index in [1.54, 1.807) is 6.07 Å². The number of benzene rings is 2. The number of fused-ring (bicyclic) bond motifs is 1. The molecule has 0 unspecified atom stereocenters. The zero-order valence-electron chi connectivity index (χ0n) is 22.3. The number of alkyl halides is 9. The molecule has 1 aromatic heterocycles. The number of amides is 1. The molecule has 1 fully saturated rings. The molecular formula is C25H23F9N4O7. The molecule has 248 valence electrons. The number of H-pyrrole nitrogens is 1. The van der Waals surface area contributed by atoms with Crippen LogP contribution in [0.5, 0.6) is 0 Å². The van der Waals surface area contributed by atoms with Gasteiger partial charge in [-0.15, -0.1) is 0 Å². The molecule has 0 radical (unpaired) electrons. The molecule has 1 aliphatic heterocycles. The van der Waals surface area contributed by atoms with Crippen molar-refractivity contribution in [2.24, 2.45) is 5.73 Å². The molecule has 0 aliphatic carbocycles. The first-order valence-corrected chi connectivity index (χ1v) is 12.1. The summed E-state index contributed by atoms with van der Waals surface area (Å²) in [5.74, 6) is -7.33. The van der Waals surface area contributed by atoms with Gasteiger partial charge in [0.1, 0.15) is 11.3 Å². The van der Waals surface area contributed by atoms with Crippen molar-refractivity contribution in [2.45, 2.75) is 37.3 Å². The van der Waals surface area contributed by atoms with Gasteiger partial charge in [-0.1, -0.05) is 30.3 Å². The summed E-state index contributed by atoms with van der Waals surface area (Å²) < 4.78 is 95.2. The summed E-state index contributed by atoms with van der Waals surface area (Å²) in [7, 11) is 0. The van der Waals surface area contributed by atoms with Crippen molar-refractivity contribution in [1.82, 2.24) is 15.3 Å². The Kier molecular flexibility index (Phi) is 13.3. The number of nitrogens with zero attached hydrogens (tertiary/aromatic N) is 1. The van der Waals surface area contributed by atoms with Crippen molar-refractivity contribution >= 4 is 34.8 Å². The average Bonchev–Trinajstić information content (AvgIpc) is 3.37. The van der Waals surface area contributed by atoms with Gasteiger partial charge in [-0.25, -0.2) is 19.4 Å². The van der Waals surface area contributed by atoms with E-state index >= 15 is 0 Å². The third kappa shape index (κ3) is 12.7. The highest BCUT2D eigenvalue weighted by molar-refractivity contribution is 6.04. The lowest BCUT2D eigenvalue weighted by Crippen LogP contribution is -2.26. The van der Waals surface area contributed by atoms with E-state index in [0.717, 1.165) is 30.0 Å². The molecule has 7 N–H and O–H groups in total. The number of hydrogen-bond acceptors (Lipinski definition) is 6. The topological polar surface area (TPSA) is 196 Å². The average molecular weight is 662 g/mol. The minimum atomic E-state index is -5.08. The van der Waals surface area contributed by atoms with E-state index in [1.165, 1.54) is 18.4 Å². The summed E-state index contributed by atoms with van der Waals surface area (Å²) >= 11 is 0. The van der Waals surface area contributed by atoms with Crippen LogP contribution in [-0.2, 0) is 14.4 Å². The Hall–Kier alpha value is -4.88. The van der Waals surface area contributed by atoms with Crippen LogP contribution in [0.2, 0.25) is 0 Å². The number of primary amides is 1. The molecule has 3 aromatic rings. The number of nitrogens with two attached hydrogens (primary N) is 1. The van der Waals surface area contributed by atoms with Gasteiger partial charge in [-0.3, -0.25) is 4.79 Å². The fourth-order valence-corrected chi connectivity index (χ4v) is 3.44. The number of rotatable bonds is 3. The highest BCUT2D eigenvalue weighted by Crippen LogP contribution is 2.28. The first kappa shape index (κ1) is 38.1. The minimum absolute atomic E-state index is 0.446. The fourth-order valence-electron chi connectivity index (χ4n) is 3.44. The molecule has 1 aliphatic rings. The van der Waals surface area contributed by atoms with Gasteiger partial charge < -0.3 is 31.4 Å². The second-order valence-electron chi connectivity index (χ2n) is 8.71.